The van der Waals surface area contributed by atoms with Crippen LogP contribution in [0.1, 0.15) is 56.1 Å². The van der Waals surface area contributed by atoms with Crippen molar-refractivity contribution in [3.05, 3.63) is 94.0 Å². The largest absolute Gasteiger partial charge is 0.497 e. The zero-order valence-corrected chi connectivity index (χ0v) is 23.9. The summed E-state index contributed by atoms with van der Waals surface area (Å²) in [6, 6.07) is 22.1. The van der Waals surface area contributed by atoms with Gasteiger partial charge >= 0.3 is 0 Å². The van der Waals surface area contributed by atoms with Crippen LogP contribution in [0.5, 0.6) is 11.5 Å². The first kappa shape index (κ1) is 27.7. The number of Topliss-reactive ketones (excluding diaryl/α,β-unsaturated/α-hetero) is 1. The Kier molecular flexibility index (Phi) is 8.15. The molecule has 0 saturated carbocycles. The summed E-state index contributed by atoms with van der Waals surface area (Å²) < 4.78 is 17.6. The number of aryl methyl sites for hydroxylation is 1. The minimum atomic E-state index is -0.711. The van der Waals surface area contributed by atoms with Crippen LogP contribution in [0.3, 0.4) is 0 Å². The molecule has 0 spiro atoms. The molecule has 0 N–H and O–H groups in total. The Morgan fingerprint density at radius 2 is 1.55 bits per heavy atom. The molecule has 0 radical (unpaired) electrons. The van der Waals surface area contributed by atoms with Crippen LogP contribution in [0.25, 0.3) is 21.9 Å². The minimum Gasteiger partial charge on any atom is -0.497 e. The molecule has 1 atom stereocenters. The van der Waals surface area contributed by atoms with Crippen LogP contribution in [0, 0.1) is 6.92 Å². The number of hydrogen-bond acceptors (Lipinski definition) is 4. The summed E-state index contributed by atoms with van der Waals surface area (Å²) in [5, 5.41) is 2.76. The maximum absolute atomic E-state index is 13.0. The normalized spacial score (nSPS) is 12.4. The Morgan fingerprint density at radius 3 is 2.11 bits per heavy atom. The lowest BCUT2D eigenvalue weighted by atomic mass is 9.84. The van der Waals surface area contributed by atoms with E-state index in [9.17, 15) is 4.79 Å². The van der Waals surface area contributed by atoms with Gasteiger partial charge in [-0.15, -0.1) is 0 Å². The van der Waals surface area contributed by atoms with Crippen molar-refractivity contribution in [3.8, 4) is 22.6 Å². The Balaban J connectivity index is 2.04. The zero-order valence-electron chi connectivity index (χ0n) is 23.1. The van der Waals surface area contributed by atoms with Crippen molar-refractivity contribution >= 4 is 28.2 Å². The zero-order chi connectivity index (χ0) is 27.6. The van der Waals surface area contributed by atoms with Crippen molar-refractivity contribution in [1.29, 1.82) is 0 Å². The van der Waals surface area contributed by atoms with E-state index in [0.29, 0.717) is 11.4 Å². The van der Waals surface area contributed by atoms with E-state index in [1.807, 2.05) is 70.2 Å². The fourth-order valence-electron chi connectivity index (χ4n) is 4.95. The molecule has 0 fully saturated rings. The van der Waals surface area contributed by atoms with Gasteiger partial charge in [-0.1, -0.05) is 48.0 Å². The third kappa shape index (κ3) is 5.87. The molecule has 0 amide bonds. The van der Waals surface area contributed by atoms with Crippen molar-refractivity contribution in [2.75, 3.05) is 14.2 Å². The predicted octanol–water partition coefficient (Wildman–Crippen LogP) is 8.52. The van der Waals surface area contributed by atoms with Crippen LogP contribution >= 0.6 is 11.6 Å². The lowest BCUT2D eigenvalue weighted by molar-refractivity contribution is -0.138. The second-order valence-corrected chi connectivity index (χ2v) is 11.0. The Labute approximate surface area is 230 Å². The first-order valence-electron chi connectivity index (χ1n) is 12.7. The van der Waals surface area contributed by atoms with Gasteiger partial charge in [0.05, 0.1) is 19.8 Å². The molecule has 4 aromatic rings. The number of benzene rings is 4. The Hall–Kier alpha value is -3.34. The third-order valence-electron chi connectivity index (χ3n) is 6.63. The standard InChI is InChI=1S/C33H35ClO4/c1-20-18-27-26(16-17-29(37-7)28(27)19-22-8-14-25(36-6)15-9-22)31(23-10-12-24(34)13-11-23)30(20)32(21(2)35)38-33(3,4)5/h8-18,32H,19H2,1-7H3. The average Bonchev–Trinajstić information content (AvgIpc) is 2.87. The summed E-state index contributed by atoms with van der Waals surface area (Å²) in [7, 11) is 3.36. The van der Waals surface area contributed by atoms with E-state index in [1.54, 1.807) is 21.1 Å². The van der Waals surface area contributed by atoms with E-state index in [1.165, 1.54) is 0 Å². The van der Waals surface area contributed by atoms with Crippen molar-refractivity contribution in [2.45, 2.75) is 52.7 Å². The molecule has 0 saturated heterocycles. The summed E-state index contributed by atoms with van der Waals surface area (Å²) in [6.45, 7) is 9.55. The Bertz CT molecular complexity index is 1450. The highest BCUT2D eigenvalue weighted by molar-refractivity contribution is 6.30. The molecule has 0 aliphatic heterocycles. The van der Waals surface area contributed by atoms with E-state index in [4.69, 9.17) is 25.8 Å². The van der Waals surface area contributed by atoms with Gasteiger partial charge in [0.2, 0.25) is 0 Å². The van der Waals surface area contributed by atoms with Crippen molar-refractivity contribution in [1.82, 2.24) is 0 Å². The van der Waals surface area contributed by atoms with Gasteiger partial charge in [0.25, 0.3) is 0 Å². The molecule has 4 rings (SSSR count). The minimum absolute atomic E-state index is 0.0374. The highest BCUT2D eigenvalue weighted by Crippen LogP contribution is 2.43. The number of methoxy groups -OCH3 is 2. The van der Waals surface area contributed by atoms with Gasteiger partial charge in [-0.3, -0.25) is 4.79 Å². The Morgan fingerprint density at radius 1 is 0.895 bits per heavy atom. The SMILES string of the molecule is COc1ccc(Cc2c(OC)ccc3c(-c4ccc(Cl)cc4)c(C(OC(C)(C)C)C(C)=O)c(C)cc23)cc1. The number of hydrogen-bond donors (Lipinski definition) is 0. The monoisotopic (exact) mass is 530 g/mol. The second-order valence-electron chi connectivity index (χ2n) is 10.6. The molecular formula is C33H35ClO4. The summed E-state index contributed by atoms with van der Waals surface area (Å²) in [4.78, 5) is 13.0. The second kappa shape index (κ2) is 11.2. The van der Waals surface area contributed by atoms with Gasteiger partial charge in [-0.25, -0.2) is 0 Å². The molecule has 0 bridgehead atoms. The van der Waals surface area contributed by atoms with Gasteiger partial charge in [0, 0.05) is 17.0 Å². The van der Waals surface area contributed by atoms with E-state index in [0.717, 1.165) is 55.7 Å². The van der Waals surface area contributed by atoms with Crippen molar-refractivity contribution in [3.63, 3.8) is 0 Å². The smallest absolute Gasteiger partial charge is 0.163 e. The molecule has 198 valence electrons. The molecule has 38 heavy (non-hydrogen) atoms. The summed E-state index contributed by atoms with van der Waals surface area (Å²) in [5.74, 6) is 1.60. The number of ether oxygens (including phenoxy) is 3. The van der Waals surface area contributed by atoms with E-state index in [-0.39, 0.29) is 5.78 Å². The summed E-state index contributed by atoms with van der Waals surface area (Å²) in [5.41, 5.74) is 5.52. The first-order valence-corrected chi connectivity index (χ1v) is 13.1. The molecule has 0 heterocycles. The van der Waals surface area contributed by atoms with Crippen LogP contribution in [0.15, 0.2) is 66.7 Å². The lowest BCUT2D eigenvalue weighted by Crippen LogP contribution is -2.27. The molecule has 0 aromatic heterocycles. The summed E-state index contributed by atoms with van der Waals surface area (Å²) in [6.07, 6.45) is -0.0324. The van der Waals surface area contributed by atoms with E-state index < -0.39 is 11.7 Å². The quantitative estimate of drug-likeness (QED) is 0.229. The third-order valence-corrected chi connectivity index (χ3v) is 6.89. The fourth-order valence-corrected chi connectivity index (χ4v) is 5.08. The molecule has 4 nitrogen and oxygen atoms in total. The first-order chi connectivity index (χ1) is 18.0. The predicted molar refractivity (Wildman–Crippen MR) is 156 cm³/mol. The highest BCUT2D eigenvalue weighted by atomic mass is 35.5. The van der Waals surface area contributed by atoms with Crippen LogP contribution in [-0.2, 0) is 16.0 Å². The number of carbonyl (C=O) groups is 1. The number of carbonyl (C=O) groups excluding carboxylic acids is 1. The fraction of sp³-hybridized carbons (Fsp3) is 0.303. The summed E-state index contributed by atoms with van der Waals surface area (Å²) >= 11 is 6.26. The van der Waals surface area contributed by atoms with Gasteiger partial charge < -0.3 is 14.2 Å². The maximum Gasteiger partial charge on any atom is 0.163 e. The van der Waals surface area contributed by atoms with Crippen LogP contribution in [-0.4, -0.2) is 25.6 Å². The van der Waals surface area contributed by atoms with E-state index >= 15 is 0 Å². The number of ketones is 1. The van der Waals surface area contributed by atoms with Gasteiger partial charge in [-0.2, -0.15) is 0 Å². The number of fused-ring (bicyclic) bond motifs is 1. The van der Waals surface area contributed by atoms with Crippen LogP contribution in [0.2, 0.25) is 5.02 Å². The topological polar surface area (TPSA) is 44.8 Å². The molecule has 4 aromatic carbocycles. The maximum atomic E-state index is 13.0. The van der Waals surface area contributed by atoms with Crippen molar-refractivity contribution in [2.24, 2.45) is 0 Å². The van der Waals surface area contributed by atoms with Crippen LogP contribution in [0.4, 0.5) is 0 Å². The molecule has 1 unspecified atom stereocenters. The molecule has 0 aliphatic rings. The van der Waals surface area contributed by atoms with Crippen molar-refractivity contribution < 1.29 is 19.0 Å². The molecule has 0 aliphatic carbocycles. The number of halogens is 1. The van der Waals surface area contributed by atoms with Crippen LogP contribution < -0.4 is 9.47 Å². The van der Waals surface area contributed by atoms with Gasteiger partial charge in [-0.05, 0) is 104 Å². The van der Waals surface area contributed by atoms with Gasteiger partial charge in [0.1, 0.15) is 17.6 Å². The molecule has 5 heteroatoms. The lowest BCUT2D eigenvalue weighted by Gasteiger charge is -2.30. The van der Waals surface area contributed by atoms with Gasteiger partial charge in [0.15, 0.2) is 5.78 Å². The average molecular weight is 531 g/mol. The number of rotatable bonds is 8. The van der Waals surface area contributed by atoms with E-state index in [2.05, 4.69) is 24.3 Å². The molecular weight excluding hydrogens is 496 g/mol. The highest BCUT2D eigenvalue weighted by Gasteiger charge is 2.30.